The van der Waals surface area contributed by atoms with Crippen LogP contribution >= 0.6 is 23.2 Å². The van der Waals surface area contributed by atoms with Crippen LogP contribution in [-0.2, 0) is 11.2 Å². The maximum Gasteiger partial charge on any atom is 0.314 e. The van der Waals surface area contributed by atoms with Gasteiger partial charge < -0.3 is 9.84 Å². The van der Waals surface area contributed by atoms with Gasteiger partial charge in [-0.2, -0.15) is 0 Å². The smallest absolute Gasteiger partial charge is 0.314 e. The molecule has 1 saturated carbocycles. The van der Waals surface area contributed by atoms with E-state index >= 15 is 0 Å². The highest BCUT2D eigenvalue weighted by Crippen LogP contribution is 2.32. The molecule has 0 spiro atoms. The maximum absolute atomic E-state index is 12.1. The lowest BCUT2D eigenvalue weighted by molar-refractivity contribution is -0.141. The number of aromatic hydroxyl groups is 1. The van der Waals surface area contributed by atoms with Gasteiger partial charge in [-0.25, -0.2) is 0 Å². The molecule has 0 radical (unpaired) electrons. The first-order valence-corrected chi connectivity index (χ1v) is 8.26. The van der Waals surface area contributed by atoms with Crippen LogP contribution in [0.4, 0.5) is 0 Å². The molecule has 1 aliphatic rings. The molecule has 3 nitrogen and oxygen atoms in total. The van der Waals surface area contributed by atoms with Crippen molar-refractivity contribution >= 4 is 29.2 Å². The number of halogens is 2. The van der Waals surface area contributed by atoms with Gasteiger partial charge in [0.05, 0.1) is 5.92 Å². The van der Waals surface area contributed by atoms with E-state index in [0.717, 1.165) is 24.8 Å². The molecule has 0 aliphatic heterocycles. The summed E-state index contributed by atoms with van der Waals surface area (Å²) >= 11 is 12.0. The first-order chi connectivity index (χ1) is 11.0. The average molecular weight is 351 g/mol. The Morgan fingerprint density at radius 1 is 1.09 bits per heavy atom. The minimum Gasteiger partial charge on any atom is -0.508 e. The second-order valence-electron chi connectivity index (χ2n) is 5.75. The van der Waals surface area contributed by atoms with Gasteiger partial charge >= 0.3 is 5.97 Å². The van der Waals surface area contributed by atoms with Crippen molar-refractivity contribution in [3.63, 3.8) is 0 Å². The molecule has 0 amide bonds. The molecular formula is C18H16Cl2O3. The third-order valence-electron chi connectivity index (χ3n) is 4.09. The van der Waals surface area contributed by atoms with Gasteiger partial charge in [-0.1, -0.05) is 29.6 Å². The summed E-state index contributed by atoms with van der Waals surface area (Å²) in [5, 5.41) is 11.1. The average Bonchev–Trinajstić information content (AvgIpc) is 2.44. The Kier molecular flexibility index (Phi) is 4.79. The summed E-state index contributed by atoms with van der Waals surface area (Å²) < 4.78 is 5.53. The lowest BCUT2D eigenvalue weighted by atomic mass is 9.86. The highest BCUT2D eigenvalue weighted by atomic mass is 35.5. The fourth-order valence-electron chi connectivity index (χ4n) is 2.52. The molecule has 1 fully saturated rings. The molecular weight excluding hydrogens is 335 g/mol. The molecule has 0 bridgehead atoms. The zero-order valence-corrected chi connectivity index (χ0v) is 13.9. The normalized spacial score (nSPS) is 14.3. The Hall–Kier alpha value is -1.71. The fraction of sp³-hybridized carbons (Fsp3) is 0.278. The van der Waals surface area contributed by atoms with Crippen molar-refractivity contribution in [2.45, 2.75) is 25.7 Å². The van der Waals surface area contributed by atoms with Crippen molar-refractivity contribution < 1.29 is 14.6 Å². The van der Waals surface area contributed by atoms with Gasteiger partial charge in [0.1, 0.15) is 11.5 Å². The lowest BCUT2D eigenvalue weighted by Gasteiger charge is -2.23. The number of esters is 1. The summed E-state index contributed by atoms with van der Waals surface area (Å²) in [7, 11) is 0. The highest BCUT2D eigenvalue weighted by molar-refractivity contribution is 6.31. The van der Waals surface area contributed by atoms with Crippen molar-refractivity contribution in [1.82, 2.24) is 0 Å². The number of rotatable bonds is 4. The second-order valence-corrected chi connectivity index (χ2v) is 6.62. The summed E-state index contributed by atoms with van der Waals surface area (Å²) in [6.07, 6.45) is 3.22. The Bertz CT molecular complexity index is 739. The molecule has 0 unspecified atom stereocenters. The molecule has 3 rings (SSSR count). The Morgan fingerprint density at radius 2 is 1.74 bits per heavy atom. The zero-order valence-electron chi connectivity index (χ0n) is 12.4. The zero-order chi connectivity index (χ0) is 16.4. The third-order valence-corrected chi connectivity index (χ3v) is 4.56. The molecule has 2 aromatic carbocycles. The van der Waals surface area contributed by atoms with Crippen LogP contribution in [0, 0.1) is 5.92 Å². The van der Waals surface area contributed by atoms with E-state index in [4.69, 9.17) is 27.9 Å². The maximum atomic E-state index is 12.1. The van der Waals surface area contributed by atoms with Crippen molar-refractivity contribution in [1.29, 1.82) is 0 Å². The van der Waals surface area contributed by atoms with E-state index in [-0.39, 0.29) is 17.6 Å². The van der Waals surface area contributed by atoms with Crippen LogP contribution in [0.1, 0.15) is 30.4 Å². The fourth-order valence-corrected chi connectivity index (χ4v) is 2.91. The van der Waals surface area contributed by atoms with E-state index in [1.54, 1.807) is 36.4 Å². The van der Waals surface area contributed by atoms with Crippen molar-refractivity contribution in [3.8, 4) is 11.5 Å². The molecule has 1 aliphatic carbocycles. The number of hydrogen-bond donors (Lipinski definition) is 1. The van der Waals surface area contributed by atoms with Gasteiger partial charge in [-0.15, -0.1) is 0 Å². The molecule has 0 atom stereocenters. The second kappa shape index (κ2) is 6.81. The SMILES string of the molecule is O=C(Oc1ccc(Cl)cc1Cc1cc(Cl)ccc1O)C1CCC1. The number of carbonyl (C=O) groups is 1. The van der Waals surface area contributed by atoms with Crippen LogP contribution in [0.3, 0.4) is 0 Å². The summed E-state index contributed by atoms with van der Waals surface area (Å²) in [6.45, 7) is 0. The van der Waals surface area contributed by atoms with Crippen LogP contribution in [-0.4, -0.2) is 11.1 Å². The Balaban J connectivity index is 1.86. The number of ether oxygens (including phenoxy) is 1. The summed E-state index contributed by atoms with van der Waals surface area (Å²) in [5.74, 6) is 0.421. The molecule has 0 heterocycles. The van der Waals surface area contributed by atoms with Gasteiger partial charge in [0, 0.05) is 22.0 Å². The van der Waals surface area contributed by atoms with Gasteiger partial charge in [0.15, 0.2) is 0 Å². The lowest BCUT2D eigenvalue weighted by Crippen LogP contribution is -2.26. The van der Waals surface area contributed by atoms with Gasteiger partial charge in [-0.05, 0) is 54.8 Å². The molecule has 5 heteroatoms. The van der Waals surface area contributed by atoms with Crippen LogP contribution < -0.4 is 4.74 Å². The van der Waals surface area contributed by atoms with Crippen LogP contribution in [0.25, 0.3) is 0 Å². The number of phenols is 1. The predicted octanol–water partition coefficient (Wildman–Crippen LogP) is 5.00. The monoisotopic (exact) mass is 350 g/mol. The summed E-state index contributed by atoms with van der Waals surface area (Å²) in [4.78, 5) is 12.1. The van der Waals surface area contributed by atoms with Gasteiger partial charge in [-0.3, -0.25) is 4.79 Å². The van der Waals surface area contributed by atoms with Crippen molar-refractivity contribution in [3.05, 3.63) is 57.6 Å². The Morgan fingerprint density at radius 3 is 2.39 bits per heavy atom. The third kappa shape index (κ3) is 3.80. The van der Waals surface area contributed by atoms with E-state index in [2.05, 4.69) is 0 Å². The quantitative estimate of drug-likeness (QED) is 0.623. The molecule has 0 saturated heterocycles. The molecule has 120 valence electrons. The molecule has 2 aromatic rings. The topological polar surface area (TPSA) is 46.5 Å². The highest BCUT2D eigenvalue weighted by Gasteiger charge is 2.27. The van der Waals surface area contributed by atoms with Crippen LogP contribution in [0.2, 0.25) is 10.0 Å². The molecule has 1 N–H and O–H groups in total. The minimum absolute atomic E-state index is 0.00176. The first kappa shape index (κ1) is 16.2. The summed E-state index contributed by atoms with van der Waals surface area (Å²) in [6, 6.07) is 9.97. The predicted molar refractivity (Wildman–Crippen MR) is 90.4 cm³/mol. The minimum atomic E-state index is -0.199. The van der Waals surface area contributed by atoms with Crippen LogP contribution in [0.5, 0.6) is 11.5 Å². The van der Waals surface area contributed by atoms with E-state index in [1.165, 1.54) is 0 Å². The number of hydrogen-bond acceptors (Lipinski definition) is 3. The standard InChI is InChI=1S/C18H16Cl2O3/c19-14-4-6-16(21)12(9-14)8-13-10-15(20)5-7-17(13)23-18(22)11-2-1-3-11/h4-7,9-11,21H,1-3,8H2. The van der Waals surface area contributed by atoms with Crippen LogP contribution in [0.15, 0.2) is 36.4 Å². The number of carbonyl (C=O) groups excluding carboxylic acids is 1. The van der Waals surface area contributed by atoms with Gasteiger partial charge in [0.25, 0.3) is 0 Å². The molecule has 0 aromatic heterocycles. The number of phenolic OH excluding ortho intramolecular Hbond substituents is 1. The summed E-state index contributed by atoms with van der Waals surface area (Å²) in [5.41, 5.74) is 1.39. The van der Waals surface area contributed by atoms with Crippen molar-refractivity contribution in [2.75, 3.05) is 0 Å². The van der Waals surface area contributed by atoms with Crippen molar-refractivity contribution in [2.24, 2.45) is 5.92 Å². The number of benzene rings is 2. The largest absolute Gasteiger partial charge is 0.508 e. The van der Waals surface area contributed by atoms with E-state index in [0.29, 0.717) is 27.8 Å². The van der Waals surface area contributed by atoms with E-state index in [1.807, 2.05) is 0 Å². The van der Waals surface area contributed by atoms with E-state index < -0.39 is 0 Å². The van der Waals surface area contributed by atoms with Gasteiger partial charge in [0.2, 0.25) is 0 Å². The first-order valence-electron chi connectivity index (χ1n) is 7.50. The molecule has 23 heavy (non-hydrogen) atoms. The van der Waals surface area contributed by atoms with E-state index in [9.17, 15) is 9.90 Å². The Labute approximate surface area is 144 Å².